The summed E-state index contributed by atoms with van der Waals surface area (Å²) in [4.78, 5) is 2.06. The summed E-state index contributed by atoms with van der Waals surface area (Å²) < 4.78 is 39.2. The van der Waals surface area contributed by atoms with E-state index < -0.39 is 11.7 Å². The van der Waals surface area contributed by atoms with Crippen LogP contribution in [0.2, 0.25) is 0 Å². The number of benzene rings is 1. The lowest BCUT2D eigenvalue weighted by atomic mass is 9.99. The van der Waals surface area contributed by atoms with Crippen LogP contribution in [0.3, 0.4) is 0 Å². The van der Waals surface area contributed by atoms with Crippen LogP contribution in [-0.4, -0.2) is 31.1 Å². The fraction of sp³-hybridized carbons (Fsp3) is 0.500. The summed E-state index contributed by atoms with van der Waals surface area (Å²) in [7, 11) is 0. The van der Waals surface area contributed by atoms with Crippen molar-refractivity contribution in [3.05, 3.63) is 33.8 Å². The van der Waals surface area contributed by atoms with Crippen LogP contribution in [0, 0.1) is 11.3 Å². The van der Waals surface area contributed by atoms with E-state index in [1.54, 1.807) is 6.07 Å². The highest BCUT2D eigenvalue weighted by Crippen LogP contribution is 2.35. The van der Waals surface area contributed by atoms with Crippen LogP contribution in [-0.2, 0) is 6.18 Å². The Kier molecular flexibility index (Phi) is 9.48. The van der Waals surface area contributed by atoms with Gasteiger partial charge in [-0.3, -0.25) is 4.90 Å². The summed E-state index contributed by atoms with van der Waals surface area (Å²) in [5, 5.41) is 12.2. The summed E-state index contributed by atoms with van der Waals surface area (Å²) in [6.45, 7) is 3.00. The van der Waals surface area contributed by atoms with Crippen molar-refractivity contribution in [3.63, 3.8) is 0 Å². The smallest absolute Gasteiger partial charge is 0.314 e. The second-order valence-corrected chi connectivity index (χ2v) is 5.85. The molecule has 1 aromatic rings. The van der Waals surface area contributed by atoms with E-state index in [1.807, 2.05) is 0 Å². The Morgan fingerprint density at radius 2 is 1.83 bits per heavy atom. The summed E-state index contributed by atoms with van der Waals surface area (Å²) in [5.74, 6) is 0. The third-order valence-electron chi connectivity index (χ3n) is 3.51. The number of halogens is 6. The first-order chi connectivity index (χ1) is 9.91. The van der Waals surface area contributed by atoms with Gasteiger partial charge in [0.05, 0.1) is 18.1 Å². The minimum absolute atomic E-state index is 0. The van der Waals surface area contributed by atoms with Crippen molar-refractivity contribution in [1.29, 1.82) is 5.26 Å². The second-order valence-electron chi connectivity index (χ2n) is 4.94. The van der Waals surface area contributed by atoms with Gasteiger partial charge in [-0.25, -0.2) is 0 Å². The highest BCUT2D eigenvalue weighted by atomic mass is 79.9. The third-order valence-corrected chi connectivity index (χ3v) is 3.97. The number of alkyl halides is 3. The van der Waals surface area contributed by atoms with Crippen LogP contribution in [0.5, 0.6) is 0 Å². The summed E-state index contributed by atoms with van der Waals surface area (Å²) >= 11 is 3.14. The molecule has 0 aliphatic carbocycles. The predicted molar refractivity (Wildman–Crippen MR) is 91.1 cm³/mol. The molecule has 3 nitrogen and oxygen atoms in total. The molecular formula is C14H17BrCl2F3N3. The summed E-state index contributed by atoms with van der Waals surface area (Å²) in [6.07, 6.45) is -4.22. The fourth-order valence-electron chi connectivity index (χ4n) is 2.51. The third kappa shape index (κ3) is 6.12. The number of piperazine rings is 1. The molecule has 0 saturated carbocycles. The van der Waals surface area contributed by atoms with E-state index in [1.165, 1.54) is 0 Å². The van der Waals surface area contributed by atoms with Gasteiger partial charge in [0.1, 0.15) is 0 Å². The maximum absolute atomic E-state index is 12.9. The first kappa shape index (κ1) is 22.5. The van der Waals surface area contributed by atoms with E-state index in [9.17, 15) is 13.2 Å². The Balaban J connectivity index is 0.00000242. The van der Waals surface area contributed by atoms with Gasteiger partial charge in [0.2, 0.25) is 0 Å². The van der Waals surface area contributed by atoms with E-state index in [0.717, 1.165) is 38.3 Å². The lowest BCUT2D eigenvalue weighted by Crippen LogP contribution is -2.45. The maximum Gasteiger partial charge on any atom is 0.416 e. The Labute approximate surface area is 154 Å². The minimum atomic E-state index is -4.39. The molecule has 0 bridgehead atoms. The number of rotatable bonds is 3. The number of nitrogens with one attached hydrogen (secondary N) is 1. The standard InChI is InChI=1S/C14H15BrF3N3.2ClH/c15-12-8-10(7-11(9-12)14(16,17)18)13(1-2-19)21-5-3-20-4-6-21;;/h7-9,13,20H,1,3-6H2;2*1H/t13-;;/m1../s1. The molecule has 130 valence electrons. The highest BCUT2D eigenvalue weighted by molar-refractivity contribution is 9.10. The Morgan fingerprint density at radius 3 is 2.35 bits per heavy atom. The van der Waals surface area contributed by atoms with E-state index in [-0.39, 0.29) is 37.3 Å². The Morgan fingerprint density at radius 1 is 1.22 bits per heavy atom. The molecule has 1 aromatic carbocycles. The molecule has 1 saturated heterocycles. The molecule has 0 spiro atoms. The van der Waals surface area contributed by atoms with Crippen LogP contribution in [0.1, 0.15) is 23.6 Å². The van der Waals surface area contributed by atoms with Crippen LogP contribution < -0.4 is 5.32 Å². The average Bonchev–Trinajstić information content (AvgIpc) is 2.44. The lowest BCUT2D eigenvalue weighted by Gasteiger charge is -2.34. The van der Waals surface area contributed by atoms with Crippen molar-refractivity contribution < 1.29 is 13.2 Å². The van der Waals surface area contributed by atoms with E-state index >= 15 is 0 Å². The van der Waals surface area contributed by atoms with Gasteiger partial charge in [-0.1, -0.05) is 15.9 Å². The van der Waals surface area contributed by atoms with Gasteiger partial charge in [-0.2, -0.15) is 18.4 Å². The topological polar surface area (TPSA) is 39.1 Å². The Hall–Kier alpha value is -0.520. The monoisotopic (exact) mass is 433 g/mol. The summed E-state index contributed by atoms with van der Waals surface area (Å²) in [5.41, 5.74) is -0.162. The van der Waals surface area contributed by atoms with E-state index in [0.29, 0.717) is 10.0 Å². The number of nitrogens with zero attached hydrogens (tertiary/aromatic N) is 2. The molecule has 0 radical (unpaired) electrons. The van der Waals surface area contributed by atoms with Crippen LogP contribution in [0.25, 0.3) is 0 Å². The molecule has 1 atom stereocenters. The molecule has 9 heteroatoms. The SMILES string of the molecule is Cl.Cl.N#CC[C@H](c1cc(Br)cc(C(F)(F)F)c1)N1CCNCC1. The van der Waals surface area contributed by atoms with Crippen molar-refractivity contribution in [2.45, 2.75) is 18.6 Å². The van der Waals surface area contributed by atoms with Crippen molar-refractivity contribution in [1.82, 2.24) is 10.2 Å². The quantitative estimate of drug-likeness (QED) is 0.775. The molecule has 23 heavy (non-hydrogen) atoms. The molecule has 1 aliphatic rings. The number of hydrogen-bond acceptors (Lipinski definition) is 3. The molecule has 0 unspecified atom stereocenters. The van der Waals surface area contributed by atoms with Crippen molar-refractivity contribution in [2.75, 3.05) is 26.2 Å². The highest BCUT2D eigenvalue weighted by Gasteiger charge is 2.32. The first-order valence-corrected chi connectivity index (χ1v) is 7.40. The number of hydrogen-bond donors (Lipinski definition) is 1. The summed E-state index contributed by atoms with van der Waals surface area (Å²) in [6, 6.07) is 5.65. The van der Waals surface area contributed by atoms with Gasteiger partial charge in [0.15, 0.2) is 0 Å². The van der Waals surface area contributed by atoms with Gasteiger partial charge in [-0.05, 0) is 23.8 Å². The van der Waals surface area contributed by atoms with Gasteiger partial charge < -0.3 is 5.32 Å². The van der Waals surface area contributed by atoms with Crippen molar-refractivity contribution in [2.24, 2.45) is 0 Å². The zero-order valence-electron chi connectivity index (χ0n) is 12.1. The van der Waals surface area contributed by atoms with Crippen LogP contribution in [0.15, 0.2) is 22.7 Å². The molecule has 1 N–H and O–H groups in total. The largest absolute Gasteiger partial charge is 0.416 e. The van der Waals surface area contributed by atoms with E-state index in [4.69, 9.17) is 5.26 Å². The molecule has 0 amide bonds. The molecule has 1 fully saturated rings. The van der Waals surface area contributed by atoms with Crippen molar-refractivity contribution >= 4 is 40.7 Å². The average molecular weight is 435 g/mol. The lowest BCUT2D eigenvalue weighted by molar-refractivity contribution is -0.137. The molecule has 1 aliphatic heterocycles. The zero-order chi connectivity index (χ0) is 15.5. The normalized spacial score (nSPS) is 16.7. The molecular weight excluding hydrogens is 418 g/mol. The van der Waals surface area contributed by atoms with E-state index in [2.05, 4.69) is 32.2 Å². The van der Waals surface area contributed by atoms with Gasteiger partial charge >= 0.3 is 6.18 Å². The van der Waals surface area contributed by atoms with Crippen molar-refractivity contribution in [3.8, 4) is 6.07 Å². The molecule has 2 rings (SSSR count). The maximum atomic E-state index is 12.9. The second kappa shape index (κ2) is 9.70. The fourth-order valence-corrected chi connectivity index (χ4v) is 3.02. The Bertz CT molecular complexity index is 543. The predicted octanol–water partition coefficient (Wildman–Crippen LogP) is 4.17. The van der Waals surface area contributed by atoms with Gasteiger partial charge in [-0.15, -0.1) is 24.8 Å². The molecule has 0 aromatic heterocycles. The van der Waals surface area contributed by atoms with Crippen LogP contribution >= 0.6 is 40.7 Å². The van der Waals surface area contributed by atoms with Gasteiger partial charge in [0.25, 0.3) is 0 Å². The van der Waals surface area contributed by atoms with Crippen LogP contribution in [0.4, 0.5) is 13.2 Å². The zero-order valence-corrected chi connectivity index (χ0v) is 15.3. The molecule has 1 heterocycles. The first-order valence-electron chi connectivity index (χ1n) is 6.61. The minimum Gasteiger partial charge on any atom is -0.314 e. The van der Waals surface area contributed by atoms with Gasteiger partial charge in [0, 0.05) is 36.7 Å². The number of nitriles is 1.